The fraction of sp³-hybridized carbons (Fsp3) is 0.680. The second-order valence-corrected chi connectivity index (χ2v) is 10.0. The summed E-state index contributed by atoms with van der Waals surface area (Å²) >= 11 is 0. The zero-order chi connectivity index (χ0) is 25.3. The summed E-state index contributed by atoms with van der Waals surface area (Å²) in [6.07, 6.45) is 1.62. The third kappa shape index (κ3) is 8.85. The molecule has 8 heteroatoms. The maximum absolute atomic E-state index is 12.8. The summed E-state index contributed by atoms with van der Waals surface area (Å²) in [5.41, 5.74) is 11.9. The van der Waals surface area contributed by atoms with Crippen LogP contribution in [0.2, 0.25) is 0 Å². The lowest BCUT2D eigenvalue weighted by Gasteiger charge is -2.29. The second-order valence-electron chi connectivity index (χ2n) is 10.0. The number of carbonyl (C=O) groups excluding carboxylic acids is 2. The van der Waals surface area contributed by atoms with E-state index in [0.717, 1.165) is 18.4 Å². The van der Waals surface area contributed by atoms with E-state index in [1.54, 1.807) is 19.9 Å². The van der Waals surface area contributed by atoms with Gasteiger partial charge in [-0.15, -0.1) is 0 Å². The Bertz CT molecular complexity index is 781. The molecular formula is C25H43N3O5. The van der Waals surface area contributed by atoms with Crippen LogP contribution in [-0.4, -0.2) is 47.8 Å². The number of phenolic OH excluding ortho intramolecular Hbond substituents is 1. The van der Waals surface area contributed by atoms with E-state index >= 15 is 0 Å². The molecule has 8 nitrogen and oxygen atoms in total. The van der Waals surface area contributed by atoms with E-state index in [9.17, 15) is 19.8 Å². The highest BCUT2D eigenvalue weighted by atomic mass is 16.5. The standard InChI is InChI=1S/C25H43N3O5/c1-7-16(10-17-8-9-20(29)22(12-17)33-6)11-19(26)21(30)13-18(15(2)3)23(31)28-14-25(4,5)24(27)32/h8-9,12,15-16,18-19,21,29-30H,7,10-11,13-14,26H2,1-6H3,(H2,27,32)(H,28,31)/t16-,18-,19-,21-/m0/s1. The van der Waals surface area contributed by atoms with Gasteiger partial charge in [-0.05, 0) is 62.6 Å². The van der Waals surface area contributed by atoms with Crippen molar-refractivity contribution >= 4 is 11.8 Å². The number of hydrogen-bond donors (Lipinski definition) is 5. The molecule has 1 aromatic carbocycles. The third-order valence-corrected chi connectivity index (χ3v) is 6.45. The number of nitrogens with one attached hydrogen (secondary N) is 1. The molecule has 0 bridgehead atoms. The number of aliphatic hydroxyl groups is 1. The molecule has 0 aliphatic rings. The van der Waals surface area contributed by atoms with Gasteiger partial charge in [0.1, 0.15) is 0 Å². The molecule has 0 aliphatic carbocycles. The molecular weight excluding hydrogens is 422 g/mol. The predicted molar refractivity (Wildman–Crippen MR) is 130 cm³/mol. The summed E-state index contributed by atoms with van der Waals surface area (Å²) in [5, 5.41) is 23.4. The topological polar surface area (TPSA) is 148 Å². The Kier molecular flexibility index (Phi) is 11.1. The zero-order valence-electron chi connectivity index (χ0n) is 20.9. The first-order valence-electron chi connectivity index (χ1n) is 11.7. The molecule has 0 fully saturated rings. The normalized spacial score (nSPS) is 15.5. The fourth-order valence-electron chi connectivity index (χ4n) is 3.76. The summed E-state index contributed by atoms with van der Waals surface area (Å²) in [6.45, 7) is 9.43. The number of amides is 2. The molecule has 0 aliphatic heterocycles. The van der Waals surface area contributed by atoms with Crippen LogP contribution >= 0.6 is 0 Å². The Balaban J connectivity index is 2.74. The highest BCUT2D eigenvalue weighted by Gasteiger charge is 2.31. The number of rotatable bonds is 14. The Morgan fingerprint density at radius 2 is 1.85 bits per heavy atom. The van der Waals surface area contributed by atoms with Gasteiger partial charge in [0.25, 0.3) is 0 Å². The molecule has 0 spiro atoms. The number of benzene rings is 1. The molecule has 0 aromatic heterocycles. The van der Waals surface area contributed by atoms with Gasteiger partial charge in [-0.3, -0.25) is 9.59 Å². The van der Waals surface area contributed by atoms with Crippen LogP contribution in [0, 0.1) is 23.2 Å². The molecule has 1 aromatic rings. The van der Waals surface area contributed by atoms with E-state index in [-0.39, 0.29) is 36.5 Å². The van der Waals surface area contributed by atoms with Gasteiger partial charge in [0.05, 0.1) is 18.6 Å². The molecule has 1 rings (SSSR count). The number of aliphatic hydroxyl groups excluding tert-OH is 1. The van der Waals surface area contributed by atoms with E-state index in [4.69, 9.17) is 16.2 Å². The minimum Gasteiger partial charge on any atom is -0.504 e. The first-order valence-corrected chi connectivity index (χ1v) is 11.7. The number of methoxy groups -OCH3 is 1. The van der Waals surface area contributed by atoms with Crippen molar-refractivity contribution in [3.05, 3.63) is 23.8 Å². The summed E-state index contributed by atoms with van der Waals surface area (Å²) in [7, 11) is 1.51. The van der Waals surface area contributed by atoms with Gasteiger partial charge in [-0.1, -0.05) is 33.3 Å². The monoisotopic (exact) mass is 465 g/mol. The summed E-state index contributed by atoms with van der Waals surface area (Å²) in [6, 6.07) is 4.80. The fourth-order valence-corrected chi connectivity index (χ4v) is 3.76. The minimum atomic E-state index is -0.850. The average Bonchev–Trinajstić information content (AvgIpc) is 2.75. The molecule has 4 atom stereocenters. The molecule has 0 saturated carbocycles. The lowest BCUT2D eigenvalue weighted by molar-refractivity contribution is -0.130. The van der Waals surface area contributed by atoms with Crippen molar-refractivity contribution in [2.75, 3.05) is 13.7 Å². The Hall–Kier alpha value is -2.32. The van der Waals surface area contributed by atoms with Gasteiger partial charge in [0.15, 0.2) is 11.5 Å². The number of carbonyl (C=O) groups is 2. The van der Waals surface area contributed by atoms with E-state index < -0.39 is 29.4 Å². The molecule has 188 valence electrons. The average molecular weight is 466 g/mol. The molecule has 33 heavy (non-hydrogen) atoms. The molecule has 0 heterocycles. The van der Waals surface area contributed by atoms with Crippen molar-refractivity contribution < 1.29 is 24.5 Å². The van der Waals surface area contributed by atoms with E-state index in [1.807, 2.05) is 26.0 Å². The number of ether oxygens (including phenoxy) is 1. The lowest BCUT2D eigenvalue weighted by Crippen LogP contribution is -2.46. The predicted octanol–water partition coefficient (Wildman–Crippen LogP) is 2.34. The van der Waals surface area contributed by atoms with Crippen molar-refractivity contribution in [2.24, 2.45) is 34.6 Å². The van der Waals surface area contributed by atoms with E-state index in [1.165, 1.54) is 7.11 Å². The first-order chi connectivity index (χ1) is 15.3. The lowest BCUT2D eigenvalue weighted by atomic mass is 9.83. The Labute approximate surface area is 198 Å². The van der Waals surface area contributed by atoms with Crippen LogP contribution < -0.4 is 21.5 Å². The van der Waals surface area contributed by atoms with Gasteiger partial charge < -0.3 is 31.7 Å². The van der Waals surface area contributed by atoms with Gasteiger partial charge >= 0.3 is 0 Å². The van der Waals surface area contributed by atoms with E-state index in [2.05, 4.69) is 12.2 Å². The number of nitrogens with two attached hydrogens (primary N) is 2. The van der Waals surface area contributed by atoms with Gasteiger partial charge in [-0.25, -0.2) is 0 Å². The van der Waals surface area contributed by atoms with Gasteiger partial charge in [-0.2, -0.15) is 0 Å². The first kappa shape index (κ1) is 28.7. The number of aromatic hydroxyl groups is 1. The van der Waals surface area contributed by atoms with Crippen molar-refractivity contribution in [1.29, 1.82) is 0 Å². The Morgan fingerprint density at radius 3 is 2.36 bits per heavy atom. The highest BCUT2D eigenvalue weighted by Crippen LogP contribution is 2.29. The van der Waals surface area contributed by atoms with Crippen LogP contribution in [0.25, 0.3) is 0 Å². The quantitative estimate of drug-likeness (QED) is 0.285. The van der Waals surface area contributed by atoms with Crippen LogP contribution in [0.3, 0.4) is 0 Å². The van der Waals surface area contributed by atoms with Crippen LogP contribution in [0.15, 0.2) is 18.2 Å². The second kappa shape index (κ2) is 12.8. The van der Waals surface area contributed by atoms with E-state index in [0.29, 0.717) is 12.2 Å². The van der Waals surface area contributed by atoms with Crippen LogP contribution in [0.5, 0.6) is 11.5 Å². The van der Waals surface area contributed by atoms with Crippen molar-refractivity contribution in [1.82, 2.24) is 5.32 Å². The van der Waals surface area contributed by atoms with Crippen molar-refractivity contribution in [3.63, 3.8) is 0 Å². The minimum absolute atomic E-state index is 0.00465. The van der Waals surface area contributed by atoms with Crippen molar-refractivity contribution in [2.45, 2.75) is 72.4 Å². The van der Waals surface area contributed by atoms with Gasteiger partial charge in [0, 0.05) is 18.5 Å². The Morgan fingerprint density at radius 1 is 1.21 bits per heavy atom. The number of hydrogen-bond acceptors (Lipinski definition) is 6. The van der Waals surface area contributed by atoms with Crippen LogP contribution in [0.1, 0.15) is 59.4 Å². The van der Waals surface area contributed by atoms with Crippen LogP contribution in [-0.2, 0) is 16.0 Å². The molecule has 0 radical (unpaired) electrons. The molecule has 0 unspecified atom stereocenters. The summed E-state index contributed by atoms with van der Waals surface area (Å²) in [4.78, 5) is 24.3. The summed E-state index contributed by atoms with van der Waals surface area (Å²) in [5.74, 6) is -0.384. The summed E-state index contributed by atoms with van der Waals surface area (Å²) < 4.78 is 5.18. The number of phenols is 1. The molecule has 0 saturated heterocycles. The zero-order valence-corrected chi connectivity index (χ0v) is 20.9. The third-order valence-electron chi connectivity index (χ3n) is 6.45. The molecule has 2 amide bonds. The molecule has 7 N–H and O–H groups in total. The SMILES string of the molecule is CC[C@@H](Cc1ccc(O)c(OC)c1)C[C@H](N)[C@@H](O)C[C@H](C(=O)NCC(C)(C)C(N)=O)C(C)C. The van der Waals surface area contributed by atoms with Gasteiger partial charge in [0.2, 0.25) is 11.8 Å². The largest absolute Gasteiger partial charge is 0.504 e. The smallest absolute Gasteiger partial charge is 0.224 e. The van der Waals surface area contributed by atoms with Crippen molar-refractivity contribution in [3.8, 4) is 11.5 Å². The maximum atomic E-state index is 12.8. The highest BCUT2D eigenvalue weighted by molar-refractivity contribution is 5.83. The van der Waals surface area contributed by atoms with Crippen LogP contribution in [0.4, 0.5) is 0 Å². The number of primary amides is 1. The maximum Gasteiger partial charge on any atom is 0.224 e.